The van der Waals surface area contributed by atoms with Crippen molar-refractivity contribution in [2.45, 2.75) is 58.0 Å². The number of ether oxygens (including phenoxy) is 3. The molecule has 1 saturated carbocycles. The first-order chi connectivity index (χ1) is 11.9. The van der Waals surface area contributed by atoms with Gasteiger partial charge in [0, 0.05) is 26.3 Å². The number of amides is 1. The van der Waals surface area contributed by atoms with Gasteiger partial charge in [-0.2, -0.15) is 0 Å². The van der Waals surface area contributed by atoms with Crippen LogP contribution in [0.15, 0.2) is 30.3 Å². The number of alkyl carbamates (subject to hydrolysis) is 1. The summed E-state index contributed by atoms with van der Waals surface area (Å²) in [6, 6.07) is 9.16. The van der Waals surface area contributed by atoms with Gasteiger partial charge >= 0.3 is 18.0 Å². The van der Waals surface area contributed by atoms with Crippen molar-refractivity contribution >= 4 is 18.0 Å². The summed E-state index contributed by atoms with van der Waals surface area (Å²) in [5.74, 6) is -0.870. The van der Waals surface area contributed by atoms with E-state index in [1.165, 1.54) is 13.8 Å². The normalized spacial score (nSPS) is 22.6. The lowest BCUT2D eigenvalue weighted by Crippen LogP contribution is -2.47. The van der Waals surface area contributed by atoms with Crippen molar-refractivity contribution in [1.29, 1.82) is 0 Å². The average molecular weight is 349 g/mol. The highest BCUT2D eigenvalue weighted by atomic mass is 16.6. The van der Waals surface area contributed by atoms with Gasteiger partial charge in [-0.05, 0) is 18.4 Å². The Labute approximate surface area is 146 Å². The lowest BCUT2D eigenvalue weighted by atomic mass is 9.90. The van der Waals surface area contributed by atoms with Crippen molar-refractivity contribution in [2.75, 3.05) is 0 Å². The molecule has 0 spiro atoms. The first-order valence-electron chi connectivity index (χ1n) is 8.25. The number of esters is 2. The molecule has 0 aromatic heterocycles. The SMILES string of the molecule is CC(=O)O[C@H]1C[C@@H](NC(=O)OCc2ccccc2)CC[C@H]1OC(C)=O. The molecular weight excluding hydrogens is 326 g/mol. The average Bonchev–Trinajstić information content (AvgIpc) is 2.55. The molecule has 136 valence electrons. The van der Waals surface area contributed by atoms with E-state index in [2.05, 4.69) is 5.32 Å². The highest BCUT2D eigenvalue weighted by molar-refractivity contribution is 5.68. The van der Waals surface area contributed by atoms with Crippen LogP contribution in [0.3, 0.4) is 0 Å². The Morgan fingerprint density at radius 3 is 2.28 bits per heavy atom. The van der Waals surface area contributed by atoms with Gasteiger partial charge < -0.3 is 19.5 Å². The molecule has 1 aromatic carbocycles. The maximum atomic E-state index is 11.9. The maximum absolute atomic E-state index is 11.9. The van der Waals surface area contributed by atoms with E-state index < -0.39 is 30.2 Å². The van der Waals surface area contributed by atoms with Crippen LogP contribution in [-0.2, 0) is 30.4 Å². The third kappa shape index (κ3) is 6.45. The summed E-state index contributed by atoms with van der Waals surface area (Å²) in [5, 5.41) is 2.77. The molecule has 0 aliphatic heterocycles. The van der Waals surface area contributed by atoms with Crippen molar-refractivity contribution < 1.29 is 28.6 Å². The molecule has 1 aliphatic rings. The van der Waals surface area contributed by atoms with Gasteiger partial charge in [0.25, 0.3) is 0 Å². The van der Waals surface area contributed by atoms with Gasteiger partial charge in [0.15, 0.2) is 0 Å². The Bertz CT molecular complexity index is 603. The Morgan fingerprint density at radius 2 is 1.64 bits per heavy atom. The van der Waals surface area contributed by atoms with E-state index >= 15 is 0 Å². The number of nitrogens with one attached hydrogen (secondary N) is 1. The lowest BCUT2D eigenvalue weighted by Gasteiger charge is -2.34. The van der Waals surface area contributed by atoms with E-state index in [0.717, 1.165) is 5.56 Å². The number of carbonyl (C=O) groups is 3. The topological polar surface area (TPSA) is 90.9 Å². The van der Waals surface area contributed by atoms with Crippen molar-refractivity contribution in [2.24, 2.45) is 0 Å². The summed E-state index contributed by atoms with van der Waals surface area (Å²) < 4.78 is 15.6. The van der Waals surface area contributed by atoms with Crippen LogP contribution in [0.2, 0.25) is 0 Å². The molecule has 1 N–H and O–H groups in total. The second-order valence-corrected chi connectivity index (χ2v) is 6.01. The number of benzene rings is 1. The Morgan fingerprint density at radius 1 is 1.00 bits per heavy atom. The number of hydrogen-bond acceptors (Lipinski definition) is 6. The molecule has 0 radical (unpaired) electrons. The highest BCUT2D eigenvalue weighted by Gasteiger charge is 2.35. The molecule has 1 aliphatic carbocycles. The zero-order valence-corrected chi connectivity index (χ0v) is 14.4. The first kappa shape index (κ1) is 18.8. The number of carbonyl (C=O) groups excluding carboxylic acids is 3. The van der Waals surface area contributed by atoms with Gasteiger partial charge in [-0.25, -0.2) is 4.79 Å². The predicted octanol–water partition coefficient (Wildman–Crippen LogP) is 2.33. The molecule has 1 amide bonds. The zero-order chi connectivity index (χ0) is 18.2. The Hall–Kier alpha value is -2.57. The van der Waals surface area contributed by atoms with E-state index in [1.807, 2.05) is 30.3 Å². The van der Waals surface area contributed by atoms with Crippen LogP contribution < -0.4 is 5.32 Å². The molecule has 2 rings (SSSR count). The molecule has 3 atom stereocenters. The second kappa shape index (κ2) is 9.05. The van der Waals surface area contributed by atoms with Crippen LogP contribution in [0.1, 0.15) is 38.7 Å². The monoisotopic (exact) mass is 349 g/mol. The lowest BCUT2D eigenvalue weighted by molar-refractivity contribution is -0.169. The van der Waals surface area contributed by atoms with Crippen LogP contribution in [0, 0.1) is 0 Å². The van der Waals surface area contributed by atoms with Gasteiger partial charge in [0.05, 0.1) is 0 Å². The van der Waals surface area contributed by atoms with E-state index in [0.29, 0.717) is 19.3 Å². The zero-order valence-electron chi connectivity index (χ0n) is 14.4. The van der Waals surface area contributed by atoms with Crippen molar-refractivity contribution in [1.82, 2.24) is 5.32 Å². The van der Waals surface area contributed by atoms with Crippen LogP contribution in [0.25, 0.3) is 0 Å². The molecule has 25 heavy (non-hydrogen) atoms. The van der Waals surface area contributed by atoms with Gasteiger partial charge in [-0.3, -0.25) is 9.59 Å². The minimum atomic E-state index is -0.574. The molecule has 1 fully saturated rings. The number of rotatable bonds is 5. The summed E-state index contributed by atoms with van der Waals surface area (Å²) in [6.45, 7) is 2.80. The largest absolute Gasteiger partial charge is 0.459 e. The van der Waals surface area contributed by atoms with E-state index in [4.69, 9.17) is 14.2 Å². The van der Waals surface area contributed by atoms with Crippen LogP contribution >= 0.6 is 0 Å². The quantitative estimate of drug-likeness (QED) is 0.648. The van der Waals surface area contributed by atoms with E-state index in [9.17, 15) is 14.4 Å². The molecule has 0 bridgehead atoms. The van der Waals surface area contributed by atoms with Crippen LogP contribution in [0.5, 0.6) is 0 Å². The molecule has 1 aromatic rings. The predicted molar refractivity (Wildman–Crippen MR) is 88.5 cm³/mol. The third-order valence-corrected chi connectivity index (χ3v) is 3.90. The molecule has 0 unspecified atom stereocenters. The number of hydrogen-bond donors (Lipinski definition) is 1. The summed E-state index contributed by atoms with van der Waals surface area (Å²) in [6.07, 6.45) is -0.106. The summed E-state index contributed by atoms with van der Waals surface area (Å²) in [7, 11) is 0. The highest BCUT2D eigenvalue weighted by Crippen LogP contribution is 2.25. The maximum Gasteiger partial charge on any atom is 0.407 e. The van der Waals surface area contributed by atoms with Gasteiger partial charge in [-0.15, -0.1) is 0 Å². The van der Waals surface area contributed by atoms with E-state index in [-0.39, 0.29) is 12.6 Å². The van der Waals surface area contributed by atoms with Crippen molar-refractivity contribution in [3.05, 3.63) is 35.9 Å². The fourth-order valence-corrected chi connectivity index (χ4v) is 2.85. The Balaban J connectivity index is 1.84. The second-order valence-electron chi connectivity index (χ2n) is 6.01. The minimum Gasteiger partial charge on any atom is -0.459 e. The van der Waals surface area contributed by atoms with Gasteiger partial charge in [0.1, 0.15) is 18.8 Å². The third-order valence-electron chi connectivity index (χ3n) is 3.90. The molecule has 7 nitrogen and oxygen atoms in total. The summed E-state index contributed by atoms with van der Waals surface area (Å²) in [4.78, 5) is 34.4. The molecular formula is C18H23NO6. The first-order valence-corrected chi connectivity index (χ1v) is 8.25. The fourth-order valence-electron chi connectivity index (χ4n) is 2.85. The fraction of sp³-hybridized carbons (Fsp3) is 0.500. The van der Waals surface area contributed by atoms with Crippen LogP contribution in [0.4, 0.5) is 4.79 Å². The summed E-state index contributed by atoms with van der Waals surface area (Å²) >= 11 is 0. The molecule has 0 saturated heterocycles. The van der Waals surface area contributed by atoms with Crippen molar-refractivity contribution in [3.63, 3.8) is 0 Å². The van der Waals surface area contributed by atoms with Gasteiger partial charge in [0.2, 0.25) is 0 Å². The molecule has 0 heterocycles. The van der Waals surface area contributed by atoms with Gasteiger partial charge in [-0.1, -0.05) is 30.3 Å². The standard InChI is InChI=1S/C18H23NO6/c1-12(20)24-16-9-8-15(10-17(16)25-13(2)21)19-18(22)23-11-14-6-4-3-5-7-14/h3-7,15-17H,8-11H2,1-2H3,(H,19,22)/t15-,16+,17-/m0/s1. The Kier molecular flexibility index (Phi) is 6.80. The van der Waals surface area contributed by atoms with Crippen LogP contribution in [-0.4, -0.2) is 36.3 Å². The smallest absolute Gasteiger partial charge is 0.407 e. The molecule has 7 heteroatoms. The summed E-state index contributed by atoms with van der Waals surface area (Å²) in [5.41, 5.74) is 0.897. The minimum absolute atomic E-state index is 0.183. The van der Waals surface area contributed by atoms with Crippen molar-refractivity contribution in [3.8, 4) is 0 Å². The van der Waals surface area contributed by atoms with E-state index in [1.54, 1.807) is 0 Å².